The number of carbonyl (C=O) groups is 2. The SMILES string of the molecule is Cc1cc(Cl)ccc1N1C(=O)Nc2c(C(=O)Nc3ccc(CN4CCCCC4)cc3)sc3ncnc1c23. The summed E-state index contributed by atoms with van der Waals surface area (Å²) in [4.78, 5) is 40.3. The van der Waals surface area contributed by atoms with Gasteiger partial charge in [-0.2, -0.15) is 0 Å². The Hall–Kier alpha value is -3.53. The fourth-order valence-corrected chi connectivity index (χ4v) is 6.19. The Labute approximate surface area is 223 Å². The summed E-state index contributed by atoms with van der Waals surface area (Å²) in [5, 5.41) is 7.10. The molecule has 37 heavy (non-hydrogen) atoms. The highest BCUT2D eigenvalue weighted by atomic mass is 35.5. The first kappa shape index (κ1) is 23.8. The molecular formula is C27H25ClN6O2S. The van der Waals surface area contributed by atoms with E-state index in [4.69, 9.17) is 11.6 Å². The molecule has 0 unspecified atom stereocenters. The first-order valence-electron chi connectivity index (χ1n) is 12.3. The predicted octanol–water partition coefficient (Wildman–Crippen LogP) is 6.57. The van der Waals surface area contributed by atoms with Crippen LogP contribution in [0.5, 0.6) is 0 Å². The van der Waals surface area contributed by atoms with Gasteiger partial charge >= 0.3 is 6.03 Å². The van der Waals surface area contributed by atoms with Crippen LogP contribution in [0.1, 0.15) is 40.1 Å². The number of aromatic nitrogens is 2. The zero-order chi connectivity index (χ0) is 25.5. The van der Waals surface area contributed by atoms with Crippen LogP contribution < -0.4 is 15.5 Å². The lowest BCUT2D eigenvalue weighted by Crippen LogP contribution is -2.35. The van der Waals surface area contributed by atoms with E-state index in [1.807, 2.05) is 19.1 Å². The molecule has 4 aromatic rings. The zero-order valence-corrected chi connectivity index (χ0v) is 21.8. The van der Waals surface area contributed by atoms with Gasteiger partial charge in [0.1, 0.15) is 16.0 Å². The van der Waals surface area contributed by atoms with E-state index in [0.717, 1.165) is 25.2 Å². The van der Waals surface area contributed by atoms with Crippen molar-refractivity contribution in [3.63, 3.8) is 0 Å². The third-order valence-electron chi connectivity index (χ3n) is 6.79. The van der Waals surface area contributed by atoms with Crippen LogP contribution in [0.4, 0.5) is 27.7 Å². The highest BCUT2D eigenvalue weighted by molar-refractivity contribution is 7.21. The van der Waals surface area contributed by atoms with Gasteiger partial charge < -0.3 is 10.6 Å². The van der Waals surface area contributed by atoms with Gasteiger partial charge in [-0.1, -0.05) is 30.2 Å². The molecule has 4 heterocycles. The number of urea groups is 1. The lowest BCUT2D eigenvalue weighted by atomic mass is 10.1. The number of hydrogen-bond acceptors (Lipinski definition) is 6. The molecule has 1 saturated heterocycles. The minimum atomic E-state index is -0.396. The molecule has 2 N–H and O–H groups in total. The van der Waals surface area contributed by atoms with Gasteiger partial charge in [0.05, 0.1) is 16.8 Å². The molecule has 188 valence electrons. The Kier molecular flexibility index (Phi) is 6.27. The minimum Gasteiger partial charge on any atom is -0.321 e. The Morgan fingerprint density at radius 2 is 1.89 bits per heavy atom. The number of hydrogen-bond donors (Lipinski definition) is 2. The zero-order valence-electron chi connectivity index (χ0n) is 20.3. The van der Waals surface area contributed by atoms with Crippen LogP contribution in [0.25, 0.3) is 10.2 Å². The lowest BCUT2D eigenvalue weighted by molar-refractivity contribution is 0.103. The van der Waals surface area contributed by atoms with E-state index in [1.165, 1.54) is 47.4 Å². The van der Waals surface area contributed by atoms with Gasteiger partial charge in [0.15, 0.2) is 5.82 Å². The normalized spacial score (nSPS) is 15.6. The number of nitrogens with zero attached hydrogens (tertiary/aromatic N) is 4. The molecule has 2 aliphatic rings. The second kappa shape index (κ2) is 9.74. The Bertz CT molecular complexity index is 1510. The molecule has 0 spiro atoms. The van der Waals surface area contributed by atoms with Crippen molar-refractivity contribution in [3.05, 3.63) is 69.8 Å². The largest absolute Gasteiger partial charge is 0.332 e. The van der Waals surface area contributed by atoms with Gasteiger partial charge in [-0.25, -0.2) is 19.7 Å². The molecule has 2 aliphatic heterocycles. The van der Waals surface area contributed by atoms with Crippen LogP contribution in [-0.4, -0.2) is 39.9 Å². The highest BCUT2D eigenvalue weighted by Crippen LogP contribution is 2.45. The molecule has 2 aromatic carbocycles. The quantitative estimate of drug-likeness (QED) is 0.303. The van der Waals surface area contributed by atoms with Crippen molar-refractivity contribution < 1.29 is 9.59 Å². The van der Waals surface area contributed by atoms with E-state index in [-0.39, 0.29) is 5.91 Å². The summed E-state index contributed by atoms with van der Waals surface area (Å²) in [6.07, 6.45) is 5.24. The van der Waals surface area contributed by atoms with Crippen LogP contribution in [0.2, 0.25) is 5.02 Å². The van der Waals surface area contributed by atoms with Crippen molar-refractivity contribution in [1.29, 1.82) is 0 Å². The van der Waals surface area contributed by atoms with Gasteiger partial charge in [0.25, 0.3) is 5.91 Å². The monoisotopic (exact) mass is 532 g/mol. The number of likely N-dealkylation sites (tertiary alicyclic amines) is 1. The number of amides is 3. The first-order chi connectivity index (χ1) is 18.0. The number of aryl methyl sites for hydroxylation is 1. The number of carbonyl (C=O) groups excluding carboxylic acids is 2. The van der Waals surface area contributed by atoms with Gasteiger partial charge in [-0.15, -0.1) is 11.3 Å². The molecule has 0 bridgehead atoms. The summed E-state index contributed by atoms with van der Waals surface area (Å²) in [5.74, 6) is 0.135. The van der Waals surface area contributed by atoms with Crippen LogP contribution >= 0.6 is 22.9 Å². The number of nitrogens with one attached hydrogen (secondary N) is 2. The molecule has 8 nitrogen and oxygen atoms in total. The van der Waals surface area contributed by atoms with Crippen molar-refractivity contribution in [2.24, 2.45) is 0 Å². The van der Waals surface area contributed by atoms with E-state index < -0.39 is 6.03 Å². The average Bonchev–Trinajstić information content (AvgIpc) is 3.26. The number of anilines is 4. The second-order valence-electron chi connectivity index (χ2n) is 9.37. The van der Waals surface area contributed by atoms with Crippen LogP contribution in [0.15, 0.2) is 48.8 Å². The summed E-state index contributed by atoms with van der Waals surface area (Å²) in [6.45, 7) is 5.08. The minimum absolute atomic E-state index is 0.302. The van der Waals surface area contributed by atoms with E-state index in [2.05, 4.69) is 37.6 Å². The van der Waals surface area contributed by atoms with Gasteiger partial charge in [0, 0.05) is 17.3 Å². The standard InChI is InChI=1S/C27H25ClN6O2S/c1-16-13-18(28)7-10-20(16)34-24-21-22(32-27(34)36)23(37-26(21)30-15-29-24)25(35)31-19-8-5-17(6-9-19)14-33-11-3-2-4-12-33/h5-10,13,15H,2-4,11-12,14H2,1H3,(H,31,35)(H,32,36). The van der Waals surface area contributed by atoms with E-state index in [9.17, 15) is 9.59 Å². The fraction of sp³-hybridized carbons (Fsp3) is 0.259. The Morgan fingerprint density at radius 3 is 2.65 bits per heavy atom. The third kappa shape index (κ3) is 4.54. The summed E-state index contributed by atoms with van der Waals surface area (Å²) in [6, 6.07) is 12.9. The topological polar surface area (TPSA) is 90.5 Å². The lowest BCUT2D eigenvalue weighted by Gasteiger charge is -2.28. The summed E-state index contributed by atoms with van der Waals surface area (Å²) in [5.41, 5.74) is 3.84. The van der Waals surface area contributed by atoms with Crippen LogP contribution in [-0.2, 0) is 6.54 Å². The Balaban J connectivity index is 1.27. The number of thiophene rings is 1. The summed E-state index contributed by atoms with van der Waals surface area (Å²) >= 11 is 7.35. The van der Waals surface area contributed by atoms with Crippen molar-refractivity contribution in [3.8, 4) is 0 Å². The maximum atomic E-state index is 13.3. The molecular weight excluding hydrogens is 508 g/mol. The van der Waals surface area contributed by atoms with Crippen molar-refractivity contribution in [2.45, 2.75) is 32.7 Å². The fourth-order valence-electron chi connectivity index (χ4n) is 4.98. The molecule has 0 saturated carbocycles. The van der Waals surface area contributed by atoms with E-state index >= 15 is 0 Å². The van der Waals surface area contributed by atoms with Crippen molar-refractivity contribution >= 4 is 68.0 Å². The molecule has 6 rings (SSSR count). The van der Waals surface area contributed by atoms with Crippen LogP contribution in [0.3, 0.4) is 0 Å². The summed E-state index contributed by atoms with van der Waals surface area (Å²) in [7, 11) is 0. The predicted molar refractivity (Wildman–Crippen MR) is 148 cm³/mol. The number of benzene rings is 2. The maximum Gasteiger partial charge on any atom is 0.332 e. The molecule has 1 fully saturated rings. The van der Waals surface area contributed by atoms with Crippen molar-refractivity contribution in [1.82, 2.24) is 14.9 Å². The summed E-state index contributed by atoms with van der Waals surface area (Å²) < 4.78 is 0. The van der Waals surface area contributed by atoms with Gasteiger partial charge in [0.2, 0.25) is 0 Å². The third-order valence-corrected chi connectivity index (χ3v) is 8.12. The number of piperidine rings is 1. The molecule has 0 radical (unpaired) electrons. The number of rotatable bonds is 5. The van der Waals surface area contributed by atoms with Gasteiger partial charge in [-0.05, 0) is 74.3 Å². The van der Waals surface area contributed by atoms with E-state index in [1.54, 1.807) is 18.2 Å². The van der Waals surface area contributed by atoms with Crippen molar-refractivity contribution in [2.75, 3.05) is 28.6 Å². The first-order valence-corrected chi connectivity index (χ1v) is 13.4. The molecule has 2 aromatic heterocycles. The van der Waals surface area contributed by atoms with E-state index in [0.29, 0.717) is 43.0 Å². The second-order valence-corrected chi connectivity index (χ2v) is 10.8. The van der Waals surface area contributed by atoms with Crippen LogP contribution in [0, 0.1) is 6.92 Å². The maximum absolute atomic E-state index is 13.3. The van der Waals surface area contributed by atoms with Gasteiger partial charge in [-0.3, -0.25) is 9.69 Å². The average molecular weight is 533 g/mol. The number of halogens is 1. The molecule has 0 aliphatic carbocycles. The molecule has 10 heteroatoms. The highest BCUT2D eigenvalue weighted by Gasteiger charge is 2.34. The molecule has 3 amide bonds. The Morgan fingerprint density at radius 1 is 1.11 bits per heavy atom. The smallest absolute Gasteiger partial charge is 0.321 e. The molecule has 0 atom stereocenters.